The average Bonchev–Trinajstić information content (AvgIpc) is 3.07. The molecule has 0 fully saturated rings. The van der Waals surface area contributed by atoms with Gasteiger partial charge in [-0.2, -0.15) is 0 Å². The second-order valence-corrected chi connectivity index (χ2v) is 7.76. The molecule has 1 aromatic heterocycles. The predicted octanol–water partition coefficient (Wildman–Crippen LogP) is 7.31. The van der Waals surface area contributed by atoms with E-state index in [4.69, 9.17) is 0 Å². The summed E-state index contributed by atoms with van der Waals surface area (Å²) in [6.45, 7) is 0. The number of rotatable bonds is 3. The zero-order chi connectivity index (χ0) is 17.3. The molecule has 26 heavy (non-hydrogen) atoms. The van der Waals surface area contributed by atoms with Crippen LogP contribution in [0.25, 0.3) is 31.3 Å². The molecule has 0 unspecified atom stereocenters. The van der Waals surface area contributed by atoms with Gasteiger partial charge >= 0.3 is 0 Å². The van der Waals surface area contributed by atoms with Crippen LogP contribution >= 0.6 is 11.3 Å². The highest BCUT2D eigenvalue weighted by Gasteiger charge is 2.08. The molecule has 0 amide bonds. The van der Waals surface area contributed by atoms with E-state index >= 15 is 0 Å². The molecule has 0 bridgehead atoms. The summed E-state index contributed by atoms with van der Waals surface area (Å²) in [6, 6.07) is 35.1. The molecule has 0 aliphatic heterocycles. The van der Waals surface area contributed by atoms with E-state index < -0.39 is 0 Å². The van der Waals surface area contributed by atoms with Gasteiger partial charge in [0.2, 0.25) is 0 Å². The van der Waals surface area contributed by atoms with Crippen LogP contribution in [0.15, 0.2) is 97.1 Å². The Balaban J connectivity index is 1.63. The highest BCUT2D eigenvalue weighted by atomic mass is 32.1. The van der Waals surface area contributed by atoms with Gasteiger partial charge in [0.05, 0.1) is 0 Å². The van der Waals surface area contributed by atoms with Crippen molar-refractivity contribution < 1.29 is 0 Å². The third-order valence-corrected chi connectivity index (χ3v) is 6.04. The molecule has 0 aliphatic rings. The van der Waals surface area contributed by atoms with Crippen LogP contribution in [0, 0.1) is 0 Å². The third kappa shape index (κ3) is 2.81. The van der Waals surface area contributed by atoms with Gasteiger partial charge in [-0.3, -0.25) is 0 Å². The molecule has 0 atom stereocenters. The lowest BCUT2D eigenvalue weighted by Gasteiger charge is -2.04. The molecule has 1 heterocycles. The SMILES string of the molecule is c1ccc(Cc2ccc3sc4ccc(-c5ccccc5)cc4c3c2)cc1. The van der Waals surface area contributed by atoms with Crippen molar-refractivity contribution in [2.75, 3.05) is 0 Å². The van der Waals surface area contributed by atoms with Crippen molar-refractivity contribution in [3.8, 4) is 11.1 Å². The van der Waals surface area contributed by atoms with Crippen molar-refractivity contribution in [3.05, 3.63) is 108 Å². The fourth-order valence-corrected chi connectivity index (χ4v) is 4.64. The maximum atomic E-state index is 2.37. The summed E-state index contributed by atoms with van der Waals surface area (Å²) in [5.41, 5.74) is 5.28. The molecule has 0 N–H and O–H groups in total. The monoisotopic (exact) mass is 350 g/mol. The standard InChI is InChI=1S/C25H18S/c1-3-7-18(8-4-1)15-19-11-13-24-22(16-19)23-17-21(12-14-25(23)26-24)20-9-5-2-6-10-20/h1-14,16-17H,15H2. The Morgan fingerprint density at radius 3 is 1.92 bits per heavy atom. The second kappa shape index (κ2) is 6.44. The molecular weight excluding hydrogens is 332 g/mol. The van der Waals surface area contributed by atoms with Crippen LogP contribution in [0.1, 0.15) is 11.1 Å². The molecule has 0 saturated heterocycles. The molecule has 0 aliphatic carbocycles. The first-order chi connectivity index (χ1) is 12.9. The quantitative estimate of drug-likeness (QED) is 0.320. The molecular formula is C25H18S. The van der Waals surface area contributed by atoms with E-state index in [2.05, 4.69) is 97.1 Å². The average molecular weight is 350 g/mol. The van der Waals surface area contributed by atoms with Gasteiger partial charge in [-0.05, 0) is 52.9 Å². The fourth-order valence-electron chi connectivity index (χ4n) is 3.58. The van der Waals surface area contributed by atoms with E-state index in [0.717, 1.165) is 6.42 Å². The third-order valence-electron chi connectivity index (χ3n) is 4.89. The van der Waals surface area contributed by atoms with E-state index in [9.17, 15) is 0 Å². The van der Waals surface area contributed by atoms with E-state index in [1.165, 1.54) is 42.4 Å². The van der Waals surface area contributed by atoms with E-state index in [1.807, 2.05) is 11.3 Å². The van der Waals surface area contributed by atoms with Gasteiger partial charge in [-0.25, -0.2) is 0 Å². The van der Waals surface area contributed by atoms with Gasteiger partial charge < -0.3 is 0 Å². The van der Waals surface area contributed by atoms with E-state index in [0.29, 0.717) is 0 Å². The van der Waals surface area contributed by atoms with Crippen LogP contribution in [0.2, 0.25) is 0 Å². The zero-order valence-electron chi connectivity index (χ0n) is 14.4. The minimum atomic E-state index is 0.979. The van der Waals surface area contributed by atoms with E-state index in [-0.39, 0.29) is 0 Å². The molecule has 0 nitrogen and oxygen atoms in total. The van der Waals surface area contributed by atoms with Crippen LogP contribution in [0.5, 0.6) is 0 Å². The summed E-state index contributed by atoms with van der Waals surface area (Å²) in [4.78, 5) is 0. The summed E-state index contributed by atoms with van der Waals surface area (Å²) < 4.78 is 2.72. The normalized spacial score (nSPS) is 11.2. The summed E-state index contributed by atoms with van der Waals surface area (Å²) in [5.74, 6) is 0. The van der Waals surface area contributed by atoms with Crippen LogP contribution in [-0.4, -0.2) is 0 Å². The highest BCUT2D eigenvalue weighted by Crippen LogP contribution is 2.37. The Morgan fingerprint density at radius 1 is 0.500 bits per heavy atom. The van der Waals surface area contributed by atoms with Crippen molar-refractivity contribution in [2.45, 2.75) is 6.42 Å². The highest BCUT2D eigenvalue weighted by molar-refractivity contribution is 7.25. The number of fused-ring (bicyclic) bond motifs is 3. The van der Waals surface area contributed by atoms with Crippen LogP contribution in [0.3, 0.4) is 0 Å². The molecule has 4 aromatic carbocycles. The first-order valence-electron chi connectivity index (χ1n) is 8.91. The van der Waals surface area contributed by atoms with Gasteiger partial charge in [-0.15, -0.1) is 11.3 Å². The predicted molar refractivity (Wildman–Crippen MR) is 114 cm³/mol. The van der Waals surface area contributed by atoms with Crippen molar-refractivity contribution in [1.29, 1.82) is 0 Å². The van der Waals surface area contributed by atoms with Crippen molar-refractivity contribution in [2.24, 2.45) is 0 Å². The summed E-state index contributed by atoms with van der Waals surface area (Å²) >= 11 is 1.88. The van der Waals surface area contributed by atoms with Gasteiger partial charge in [-0.1, -0.05) is 72.8 Å². The van der Waals surface area contributed by atoms with Gasteiger partial charge in [0.25, 0.3) is 0 Å². The fraction of sp³-hybridized carbons (Fsp3) is 0.0400. The summed E-state index contributed by atoms with van der Waals surface area (Å²) in [7, 11) is 0. The van der Waals surface area contributed by atoms with Crippen LogP contribution < -0.4 is 0 Å². The first kappa shape index (κ1) is 15.4. The van der Waals surface area contributed by atoms with Crippen LogP contribution in [0.4, 0.5) is 0 Å². The lowest BCUT2D eigenvalue weighted by atomic mass is 10.0. The van der Waals surface area contributed by atoms with Crippen molar-refractivity contribution in [1.82, 2.24) is 0 Å². The molecule has 1 heteroatoms. The smallest absolute Gasteiger partial charge is 0.0355 e. The molecule has 124 valence electrons. The summed E-state index contributed by atoms with van der Waals surface area (Å²) in [6.07, 6.45) is 0.979. The number of thiophene rings is 1. The van der Waals surface area contributed by atoms with Gasteiger partial charge in [0.1, 0.15) is 0 Å². The molecule has 0 radical (unpaired) electrons. The van der Waals surface area contributed by atoms with Gasteiger partial charge in [0.15, 0.2) is 0 Å². The first-order valence-corrected chi connectivity index (χ1v) is 9.73. The Labute approximate surface area is 157 Å². The number of hydrogen-bond acceptors (Lipinski definition) is 1. The molecule has 5 rings (SSSR count). The number of benzene rings is 4. The Kier molecular flexibility index (Phi) is 3.80. The van der Waals surface area contributed by atoms with Crippen molar-refractivity contribution >= 4 is 31.5 Å². The molecule has 0 spiro atoms. The molecule has 5 aromatic rings. The Hall–Kier alpha value is -2.90. The Morgan fingerprint density at radius 2 is 1.15 bits per heavy atom. The molecule has 0 saturated carbocycles. The number of hydrogen-bond donors (Lipinski definition) is 0. The maximum absolute atomic E-state index is 2.37. The largest absolute Gasteiger partial charge is 0.135 e. The zero-order valence-corrected chi connectivity index (χ0v) is 15.2. The lowest BCUT2D eigenvalue weighted by Crippen LogP contribution is -1.86. The topological polar surface area (TPSA) is 0 Å². The second-order valence-electron chi connectivity index (χ2n) is 6.67. The van der Waals surface area contributed by atoms with E-state index in [1.54, 1.807) is 0 Å². The van der Waals surface area contributed by atoms with Gasteiger partial charge in [0, 0.05) is 20.2 Å². The maximum Gasteiger partial charge on any atom is 0.0355 e. The lowest BCUT2D eigenvalue weighted by molar-refractivity contribution is 1.20. The Bertz CT molecular complexity index is 1180. The minimum absolute atomic E-state index is 0.979. The minimum Gasteiger partial charge on any atom is -0.135 e. The van der Waals surface area contributed by atoms with Crippen LogP contribution in [-0.2, 0) is 6.42 Å². The van der Waals surface area contributed by atoms with Crippen molar-refractivity contribution in [3.63, 3.8) is 0 Å². The summed E-state index contributed by atoms with van der Waals surface area (Å²) in [5, 5.41) is 2.73.